The lowest BCUT2D eigenvalue weighted by molar-refractivity contribution is -0.117. The Labute approximate surface area is 193 Å². The third-order valence-electron chi connectivity index (χ3n) is 4.75. The number of anilines is 1. The zero-order valence-electron chi connectivity index (χ0n) is 17.6. The molecule has 0 aliphatic heterocycles. The van der Waals surface area contributed by atoms with Crippen LogP contribution in [0.15, 0.2) is 63.5 Å². The van der Waals surface area contributed by atoms with Crippen molar-refractivity contribution in [2.45, 2.75) is 30.3 Å². The number of fused-ring (bicyclic) bond motifs is 1. The van der Waals surface area contributed by atoms with Gasteiger partial charge >= 0.3 is 5.69 Å². The van der Waals surface area contributed by atoms with Gasteiger partial charge in [-0.3, -0.25) is 4.79 Å². The number of nitrogens with one attached hydrogen (secondary N) is 1. The first kappa shape index (κ1) is 21.9. The zero-order chi connectivity index (χ0) is 22.8. The van der Waals surface area contributed by atoms with Crippen LogP contribution in [0.1, 0.15) is 11.1 Å². The molecule has 0 saturated heterocycles. The summed E-state index contributed by atoms with van der Waals surface area (Å²) in [4.78, 5) is 30.8. The minimum absolute atomic E-state index is 0.264. The molecule has 1 N–H and O–H groups in total. The summed E-state index contributed by atoms with van der Waals surface area (Å²) in [5.41, 5.74) is 2.36. The highest BCUT2D eigenvalue weighted by atomic mass is 35.5. The van der Waals surface area contributed by atoms with Gasteiger partial charge in [0.25, 0.3) is 0 Å². The Hall–Kier alpha value is -3.30. The highest BCUT2D eigenvalue weighted by molar-refractivity contribution is 7.99. The van der Waals surface area contributed by atoms with Crippen molar-refractivity contribution in [1.29, 1.82) is 0 Å². The van der Waals surface area contributed by atoms with Crippen LogP contribution < -0.4 is 15.7 Å². The number of hydrogen-bond donors (Lipinski definition) is 1. The van der Waals surface area contributed by atoms with Gasteiger partial charge in [-0.15, -0.1) is 5.10 Å². The van der Waals surface area contributed by atoms with Gasteiger partial charge in [0.1, 0.15) is 17.3 Å². The smallest absolute Gasteiger partial charge is 0.350 e. The Bertz CT molecular complexity index is 1360. The molecule has 2 aromatic carbocycles. The average molecular weight is 470 g/mol. The largest absolute Gasteiger partial charge is 0.495 e. The summed E-state index contributed by atoms with van der Waals surface area (Å²) in [7, 11) is 1.49. The number of aromatic nitrogens is 4. The van der Waals surface area contributed by atoms with E-state index in [1.54, 1.807) is 18.3 Å². The molecule has 0 aliphatic rings. The number of carbonyl (C=O) groups is 1. The number of hydrogen-bond acceptors (Lipinski definition) is 6. The first-order valence-corrected chi connectivity index (χ1v) is 10.9. The van der Waals surface area contributed by atoms with Gasteiger partial charge in [0.15, 0.2) is 5.65 Å². The lowest BCUT2D eigenvalue weighted by Gasteiger charge is -2.12. The van der Waals surface area contributed by atoms with E-state index >= 15 is 0 Å². The fourth-order valence-electron chi connectivity index (χ4n) is 3.07. The van der Waals surface area contributed by atoms with Crippen LogP contribution in [-0.4, -0.2) is 32.2 Å². The normalized spacial score (nSPS) is 11.0. The summed E-state index contributed by atoms with van der Waals surface area (Å²) < 4.78 is 7.78. The molecule has 2 aromatic heterocycles. The van der Waals surface area contributed by atoms with Crippen molar-refractivity contribution >= 4 is 40.6 Å². The van der Waals surface area contributed by atoms with E-state index in [-0.39, 0.29) is 6.54 Å². The van der Waals surface area contributed by atoms with Crippen LogP contribution in [0, 0.1) is 13.8 Å². The van der Waals surface area contributed by atoms with Gasteiger partial charge in [-0.25, -0.2) is 18.9 Å². The minimum Gasteiger partial charge on any atom is -0.495 e. The van der Waals surface area contributed by atoms with Crippen molar-refractivity contribution < 1.29 is 9.53 Å². The lowest BCUT2D eigenvalue weighted by atomic mass is 10.2. The Morgan fingerprint density at radius 1 is 1.22 bits per heavy atom. The Balaban J connectivity index is 1.59. The molecule has 0 unspecified atom stereocenters. The van der Waals surface area contributed by atoms with E-state index in [1.165, 1.54) is 29.5 Å². The average Bonchev–Trinajstić information content (AvgIpc) is 3.08. The van der Waals surface area contributed by atoms with Crippen LogP contribution in [0.3, 0.4) is 0 Å². The lowest BCUT2D eigenvalue weighted by Crippen LogP contribution is -2.28. The molecule has 0 spiro atoms. The van der Waals surface area contributed by atoms with Gasteiger partial charge in [0.2, 0.25) is 5.91 Å². The van der Waals surface area contributed by atoms with E-state index in [1.807, 2.05) is 38.1 Å². The standard InChI is InChI=1S/C22H20ClN5O3S/c1-13-4-6-15(7-5-13)32-21-20-26-28(22(30)27(20)9-8-24-21)12-19(29)25-17-10-14(2)16(23)11-18(17)31-3/h4-11H,12H2,1-3H3,(H,25,29). The van der Waals surface area contributed by atoms with Crippen LogP contribution in [0.2, 0.25) is 5.02 Å². The monoisotopic (exact) mass is 469 g/mol. The predicted molar refractivity (Wildman–Crippen MR) is 124 cm³/mol. The summed E-state index contributed by atoms with van der Waals surface area (Å²) in [6.45, 7) is 3.57. The molecule has 0 saturated carbocycles. The highest BCUT2D eigenvalue weighted by Crippen LogP contribution is 2.31. The first-order chi connectivity index (χ1) is 15.4. The second kappa shape index (κ2) is 9.05. The van der Waals surface area contributed by atoms with Gasteiger partial charge < -0.3 is 10.1 Å². The maximum atomic E-state index is 12.8. The van der Waals surface area contributed by atoms with Crippen molar-refractivity contribution in [2.24, 2.45) is 0 Å². The van der Waals surface area contributed by atoms with Crippen molar-refractivity contribution in [3.05, 3.63) is 75.4 Å². The number of ether oxygens (including phenoxy) is 1. The third kappa shape index (κ3) is 4.49. The quantitative estimate of drug-likeness (QED) is 0.459. The van der Waals surface area contributed by atoms with Crippen LogP contribution in [0.4, 0.5) is 5.69 Å². The SMILES string of the molecule is COc1cc(Cl)c(C)cc1NC(=O)Cn1nc2c(Sc3ccc(C)cc3)nccn2c1=O. The van der Waals surface area contributed by atoms with Crippen molar-refractivity contribution in [3.63, 3.8) is 0 Å². The molecule has 1 amide bonds. The molecular weight excluding hydrogens is 450 g/mol. The molecule has 0 bridgehead atoms. The van der Waals surface area contributed by atoms with Crippen molar-refractivity contribution in [2.75, 3.05) is 12.4 Å². The van der Waals surface area contributed by atoms with Gasteiger partial charge in [-0.2, -0.15) is 0 Å². The Kier molecular flexibility index (Phi) is 6.20. The number of benzene rings is 2. The number of methoxy groups -OCH3 is 1. The maximum absolute atomic E-state index is 12.8. The van der Waals surface area contributed by atoms with Crippen LogP contribution in [0.5, 0.6) is 5.75 Å². The molecule has 164 valence electrons. The van der Waals surface area contributed by atoms with Crippen molar-refractivity contribution in [1.82, 2.24) is 19.2 Å². The number of amides is 1. The highest BCUT2D eigenvalue weighted by Gasteiger charge is 2.16. The fourth-order valence-corrected chi connectivity index (χ4v) is 4.07. The number of aryl methyl sites for hydroxylation is 2. The maximum Gasteiger partial charge on any atom is 0.350 e. The van der Waals surface area contributed by atoms with Crippen LogP contribution in [0.25, 0.3) is 5.65 Å². The molecule has 0 aliphatic carbocycles. The minimum atomic E-state index is -0.428. The Morgan fingerprint density at radius 3 is 2.69 bits per heavy atom. The van der Waals surface area contributed by atoms with Gasteiger partial charge in [-0.1, -0.05) is 41.1 Å². The van der Waals surface area contributed by atoms with Crippen LogP contribution in [-0.2, 0) is 11.3 Å². The number of rotatable bonds is 6. The molecule has 8 nitrogen and oxygen atoms in total. The van der Waals surface area contributed by atoms with E-state index in [0.717, 1.165) is 20.7 Å². The molecule has 10 heteroatoms. The number of nitrogens with zero attached hydrogens (tertiary/aromatic N) is 4. The topological polar surface area (TPSA) is 90.5 Å². The molecule has 4 rings (SSSR count). The van der Waals surface area contributed by atoms with E-state index in [2.05, 4.69) is 15.4 Å². The van der Waals surface area contributed by atoms with E-state index in [0.29, 0.717) is 27.1 Å². The van der Waals surface area contributed by atoms with E-state index in [4.69, 9.17) is 16.3 Å². The summed E-state index contributed by atoms with van der Waals surface area (Å²) >= 11 is 7.52. The van der Waals surface area contributed by atoms with Gasteiger partial charge in [-0.05, 0) is 37.6 Å². The van der Waals surface area contributed by atoms with Crippen molar-refractivity contribution in [3.8, 4) is 5.75 Å². The summed E-state index contributed by atoms with van der Waals surface area (Å²) in [6.07, 6.45) is 3.07. The van der Waals surface area contributed by atoms with Gasteiger partial charge in [0, 0.05) is 28.4 Å². The second-order valence-electron chi connectivity index (χ2n) is 7.13. The van der Waals surface area contributed by atoms with E-state index in [9.17, 15) is 9.59 Å². The summed E-state index contributed by atoms with van der Waals surface area (Å²) in [5.74, 6) is 0.00788. The molecule has 32 heavy (non-hydrogen) atoms. The summed E-state index contributed by atoms with van der Waals surface area (Å²) in [5, 5.41) is 8.21. The van der Waals surface area contributed by atoms with Gasteiger partial charge in [0.05, 0.1) is 12.8 Å². The zero-order valence-corrected chi connectivity index (χ0v) is 19.2. The Morgan fingerprint density at radius 2 is 1.97 bits per heavy atom. The molecule has 0 radical (unpaired) electrons. The summed E-state index contributed by atoms with van der Waals surface area (Å²) in [6, 6.07) is 11.3. The predicted octanol–water partition coefficient (Wildman–Crippen LogP) is 3.96. The second-order valence-corrected chi connectivity index (χ2v) is 8.60. The number of carbonyl (C=O) groups excluding carboxylic acids is 1. The van der Waals surface area contributed by atoms with E-state index < -0.39 is 11.6 Å². The molecule has 0 fully saturated rings. The fraction of sp³-hybridized carbons (Fsp3) is 0.182. The van der Waals surface area contributed by atoms with Crippen LogP contribution >= 0.6 is 23.4 Å². The third-order valence-corrected chi connectivity index (χ3v) is 6.15. The molecule has 2 heterocycles. The number of halogens is 1. The molecule has 4 aromatic rings. The first-order valence-electron chi connectivity index (χ1n) is 9.68. The molecular formula is C22H20ClN5O3S. The molecule has 0 atom stereocenters.